The van der Waals surface area contributed by atoms with Crippen molar-refractivity contribution in [2.24, 2.45) is 4.99 Å². The molecular weight excluding hydrogens is 481 g/mol. The molecule has 1 amide bonds. The zero-order valence-corrected chi connectivity index (χ0v) is 19.7. The highest BCUT2D eigenvalue weighted by molar-refractivity contribution is 5.86. The van der Waals surface area contributed by atoms with Crippen LogP contribution in [0.25, 0.3) is 0 Å². The summed E-state index contributed by atoms with van der Waals surface area (Å²) in [7, 11) is 0. The van der Waals surface area contributed by atoms with Gasteiger partial charge < -0.3 is 25.6 Å². The van der Waals surface area contributed by atoms with Gasteiger partial charge in [0.2, 0.25) is 11.8 Å². The Bertz CT molecular complexity index is 1080. The normalized spacial score (nSPS) is 27.2. The topological polar surface area (TPSA) is 130 Å². The van der Waals surface area contributed by atoms with Gasteiger partial charge in [0.15, 0.2) is 5.82 Å². The third-order valence-corrected chi connectivity index (χ3v) is 6.13. The molecule has 4 unspecified atom stereocenters. The number of benzene rings is 1. The fourth-order valence-corrected chi connectivity index (χ4v) is 4.45. The third kappa shape index (κ3) is 5.55. The summed E-state index contributed by atoms with van der Waals surface area (Å²) < 4.78 is 46.3. The molecule has 0 bridgehead atoms. The quantitative estimate of drug-likeness (QED) is 0.305. The maximum absolute atomic E-state index is 13.6. The number of fused-ring (bicyclic) bond motifs is 1. The molecule has 10 nitrogen and oxygen atoms in total. The second-order valence-corrected chi connectivity index (χ2v) is 8.87. The number of alkyl halides is 3. The second kappa shape index (κ2) is 10.6. The fraction of sp³-hybridized carbons (Fsp3) is 0.478. The minimum absolute atomic E-state index is 0.0668. The molecule has 5 atom stereocenters. The average Bonchev–Trinajstić information content (AvgIpc) is 3.18. The lowest BCUT2D eigenvalue weighted by molar-refractivity contribution is -0.138. The first-order chi connectivity index (χ1) is 17.1. The standard InChI is InChI=1S/C23H29F3N6O4/c1-12-7-17(15-5-3-4-6-16(15)23(24,25)26)31-32-20(13(2)28-21(12)32)22(35)30-18-8-27-9-19(29-18)36-11-14(34)10-33/h3-8,13-14,17,20-21,27-28,31,33-34H,9-11H2,1-2H3,(H,30,35)/t13?,14-,17?,20?,21?/m1/s1. The molecular formula is C23H29F3N6O4. The zero-order chi connectivity index (χ0) is 26.0. The van der Waals surface area contributed by atoms with Gasteiger partial charge in [-0.25, -0.2) is 10.4 Å². The van der Waals surface area contributed by atoms with Gasteiger partial charge in [0.1, 0.15) is 18.8 Å². The van der Waals surface area contributed by atoms with Gasteiger partial charge in [-0.2, -0.15) is 18.2 Å². The Morgan fingerprint density at radius 3 is 2.83 bits per heavy atom. The van der Waals surface area contributed by atoms with Gasteiger partial charge >= 0.3 is 6.18 Å². The van der Waals surface area contributed by atoms with Crippen molar-refractivity contribution in [2.75, 3.05) is 19.8 Å². The van der Waals surface area contributed by atoms with Crippen molar-refractivity contribution in [1.29, 1.82) is 0 Å². The summed E-state index contributed by atoms with van der Waals surface area (Å²) in [6.07, 6.45) is -2.74. The molecule has 3 aliphatic heterocycles. The molecule has 6 N–H and O–H groups in total. The number of carbonyl (C=O) groups excluding carboxylic acids is 1. The summed E-state index contributed by atoms with van der Waals surface area (Å²) in [5.74, 6) is -0.0240. The highest BCUT2D eigenvalue weighted by atomic mass is 19.4. The maximum Gasteiger partial charge on any atom is 0.416 e. The Balaban J connectivity index is 1.51. The first kappa shape index (κ1) is 26.1. The van der Waals surface area contributed by atoms with E-state index in [1.165, 1.54) is 18.3 Å². The first-order valence-electron chi connectivity index (χ1n) is 11.5. The highest BCUT2D eigenvalue weighted by Crippen LogP contribution is 2.37. The highest BCUT2D eigenvalue weighted by Gasteiger charge is 2.47. The van der Waals surface area contributed by atoms with Gasteiger partial charge in [-0.05, 0) is 31.1 Å². The number of carbonyl (C=O) groups is 1. The van der Waals surface area contributed by atoms with E-state index in [1.807, 2.05) is 13.8 Å². The van der Waals surface area contributed by atoms with E-state index in [9.17, 15) is 23.1 Å². The van der Waals surface area contributed by atoms with E-state index in [-0.39, 0.29) is 42.6 Å². The molecule has 1 saturated heterocycles. The van der Waals surface area contributed by atoms with E-state index in [4.69, 9.17) is 9.84 Å². The first-order valence-corrected chi connectivity index (χ1v) is 11.5. The molecule has 196 valence electrons. The number of aliphatic hydroxyl groups excluding tert-OH is 2. The molecule has 36 heavy (non-hydrogen) atoms. The molecule has 0 aliphatic carbocycles. The van der Waals surface area contributed by atoms with Crippen LogP contribution in [0.3, 0.4) is 0 Å². The van der Waals surface area contributed by atoms with Crippen LogP contribution in [0.15, 0.2) is 52.9 Å². The molecule has 1 aromatic rings. The predicted octanol–water partition coefficient (Wildman–Crippen LogP) is 0.486. The largest absolute Gasteiger partial charge is 0.477 e. The van der Waals surface area contributed by atoms with Crippen molar-refractivity contribution < 1.29 is 32.9 Å². The molecule has 3 heterocycles. The van der Waals surface area contributed by atoms with Gasteiger partial charge in [0.25, 0.3) is 0 Å². The Hall–Kier alpha value is -2.97. The van der Waals surface area contributed by atoms with Crippen LogP contribution in [0.4, 0.5) is 13.2 Å². The summed E-state index contributed by atoms with van der Waals surface area (Å²) >= 11 is 0. The SMILES string of the molecule is CC1=CC(c2ccccc2C(F)(F)F)NN2C1NC(C)C2C(=O)NC1=CNCC(OC[C@H](O)CO)=N1. The van der Waals surface area contributed by atoms with Crippen LogP contribution in [0.5, 0.6) is 0 Å². The molecule has 0 saturated carbocycles. The summed E-state index contributed by atoms with van der Waals surface area (Å²) in [6.45, 7) is 3.24. The number of rotatable bonds is 6. The molecule has 1 aromatic carbocycles. The van der Waals surface area contributed by atoms with Crippen LogP contribution in [0.1, 0.15) is 31.0 Å². The van der Waals surface area contributed by atoms with Crippen LogP contribution in [-0.4, -0.2) is 71.1 Å². The Kier molecular flexibility index (Phi) is 7.66. The Morgan fingerprint density at radius 1 is 1.36 bits per heavy atom. The van der Waals surface area contributed by atoms with E-state index >= 15 is 0 Å². The summed E-state index contributed by atoms with van der Waals surface area (Å²) in [4.78, 5) is 17.5. The van der Waals surface area contributed by atoms with Crippen LogP contribution in [-0.2, 0) is 15.7 Å². The molecule has 3 aliphatic rings. The molecule has 0 radical (unpaired) electrons. The van der Waals surface area contributed by atoms with Gasteiger partial charge in [0, 0.05) is 12.2 Å². The van der Waals surface area contributed by atoms with Crippen LogP contribution in [0, 0.1) is 0 Å². The molecule has 0 spiro atoms. The number of amides is 1. The lowest BCUT2D eigenvalue weighted by Crippen LogP contribution is -2.57. The number of hydrogen-bond acceptors (Lipinski definition) is 9. The number of halogens is 3. The van der Waals surface area contributed by atoms with Crippen molar-refractivity contribution in [3.63, 3.8) is 0 Å². The maximum atomic E-state index is 13.6. The number of nitrogens with zero attached hydrogens (tertiary/aromatic N) is 2. The number of hydrogen-bond donors (Lipinski definition) is 6. The molecule has 13 heteroatoms. The van der Waals surface area contributed by atoms with E-state index < -0.39 is 42.4 Å². The van der Waals surface area contributed by atoms with Gasteiger partial charge in [-0.15, -0.1) is 0 Å². The number of ether oxygens (including phenoxy) is 1. The summed E-state index contributed by atoms with van der Waals surface area (Å²) in [6, 6.07) is 3.48. The molecule has 0 aromatic heterocycles. The minimum atomic E-state index is -4.52. The van der Waals surface area contributed by atoms with Crippen molar-refractivity contribution in [3.05, 3.63) is 59.1 Å². The summed E-state index contributed by atoms with van der Waals surface area (Å²) in [5.41, 5.74) is 3.22. The predicted molar refractivity (Wildman–Crippen MR) is 124 cm³/mol. The average molecular weight is 511 g/mol. The van der Waals surface area contributed by atoms with Crippen LogP contribution < -0.4 is 21.4 Å². The third-order valence-electron chi connectivity index (χ3n) is 6.13. The molecule has 4 rings (SSSR count). The number of aliphatic hydroxyl groups is 2. The van der Waals surface area contributed by atoms with E-state index in [2.05, 4.69) is 26.4 Å². The number of aliphatic imine (C=N–C) groups is 1. The Morgan fingerprint density at radius 2 is 2.11 bits per heavy atom. The van der Waals surface area contributed by atoms with Crippen LogP contribution >= 0.6 is 0 Å². The van der Waals surface area contributed by atoms with E-state index in [0.29, 0.717) is 0 Å². The van der Waals surface area contributed by atoms with Crippen molar-refractivity contribution in [1.82, 2.24) is 26.4 Å². The van der Waals surface area contributed by atoms with Crippen molar-refractivity contribution in [3.8, 4) is 0 Å². The van der Waals surface area contributed by atoms with Crippen molar-refractivity contribution in [2.45, 2.75) is 50.4 Å². The minimum Gasteiger partial charge on any atom is -0.477 e. The number of hydrazine groups is 1. The monoisotopic (exact) mass is 510 g/mol. The van der Waals surface area contributed by atoms with Crippen LogP contribution in [0.2, 0.25) is 0 Å². The van der Waals surface area contributed by atoms with E-state index in [1.54, 1.807) is 17.2 Å². The zero-order valence-electron chi connectivity index (χ0n) is 19.7. The summed E-state index contributed by atoms with van der Waals surface area (Å²) in [5, 5.41) is 28.9. The fourth-order valence-electron chi connectivity index (χ4n) is 4.45. The molecule has 1 fully saturated rings. The second-order valence-electron chi connectivity index (χ2n) is 8.87. The lowest BCUT2D eigenvalue weighted by Gasteiger charge is -2.38. The lowest BCUT2D eigenvalue weighted by atomic mass is 9.96. The van der Waals surface area contributed by atoms with Gasteiger partial charge in [0.05, 0.1) is 30.9 Å². The van der Waals surface area contributed by atoms with E-state index in [0.717, 1.165) is 11.6 Å². The van der Waals surface area contributed by atoms with Crippen molar-refractivity contribution >= 4 is 11.8 Å². The van der Waals surface area contributed by atoms with Gasteiger partial charge in [-0.3, -0.25) is 10.1 Å². The Labute approximate surface area is 205 Å². The number of nitrogens with one attached hydrogen (secondary N) is 4. The van der Waals surface area contributed by atoms with Gasteiger partial charge in [-0.1, -0.05) is 24.3 Å². The smallest absolute Gasteiger partial charge is 0.416 e.